The van der Waals surface area contributed by atoms with Crippen molar-refractivity contribution in [1.29, 1.82) is 0 Å². The van der Waals surface area contributed by atoms with E-state index >= 15 is 0 Å². The molecule has 1 aliphatic heterocycles. The summed E-state index contributed by atoms with van der Waals surface area (Å²) in [6.45, 7) is 4.89. The Morgan fingerprint density at radius 1 is 1.50 bits per heavy atom. The monoisotopic (exact) mass is 278 g/mol. The molecule has 0 radical (unpaired) electrons. The fourth-order valence-electron chi connectivity index (χ4n) is 2.14. The number of carbonyl (C=O) groups is 2. The second-order valence-electron chi connectivity index (χ2n) is 5.57. The molecule has 1 fully saturated rings. The molecule has 1 aliphatic rings. The zero-order valence-corrected chi connectivity index (χ0v) is 11.4. The van der Waals surface area contributed by atoms with Crippen LogP contribution < -0.4 is 5.14 Å². The van der Waals surface area contributed by atoms with Gasteiger partial charge in [-0.25, -0.2) is 18.4 Å². The summed E-state index contributed by atoms with van der Waals surface area (Å²) >= 11 is 0. The number of nitrogens with two attached hydrogens (primary N) is 1. The van der Waals surface area contributed by atoms with Crippen molar-refractivity contribution < 1.29 is 23.1 Å². The Morgan fingerprint density at radius 2 is 2.00 bits per heavy atom. The summed E-state index contributed by atoms with van der Waals surface area (Å²) in [6, 6.07) is -1.06. The fourth-order valence-corrected chi connectivity index (χ4v) is 2.88. The van der Waals surface area contributed by atoms with Crippen LogP contribution in [-0.2, 0) is 19.6 Å². The Labute approximate surface area is 106 Å². The Bertz CT molecular complexity index is 465. The smallest absolute Gasteiger partial charge is 0.326 e. The topological polar surface area (TPSA) is 118 Å². The molecule has 0 aliphatic carbocycles. The number of nitrogens with zero attached hydrogens (tertiary/aromatic N) is 1. The Hall–Kier alpha value is -1.15. The number of hydrogen-bond donors (Lipinski definition) is 2. The van der Waals surface area contributed by atoms with Gasteiger partial charge in [-0.1, -0.05) is 20.8 Å². The molecular weight excluding hydrogens is 260 g/mol. The lowest BCUT2D eigenvalue weighted by atomic mass is 9.86. The lowest BCUT2D eigenvalue weighted by molar-refractivity contribution is -0.153. The van der Waals surface area contributed by atoms with Crippen LogP contribution in [0.1, 0.15) is 27.2 Å². The fraction of sp³-hybridized carbons (Fsp3) is 0.800. The molecule has 3 N–H and O–H groups in total. The summed E-state index contributed by atoms with van der Waals surface area (Å²) in [5, 5.41) is 13.2. The summed E-state index contributed by atoms with van der Waals surface area (Å²) in [5.74, 6) is -1.64. The van der Waals surface area contributed by atoms with Crippen LogP contribution in [0.5, 0.6) is 0 Å². The molecule has 104 valence electrons. The number of amides is 1. The third-order valence-corrected chi connectivity index (χ3v) is 4.20. The molecule has 18 heavy (non-hydrogen) atoms. The van der Waals surface area contributed by atoms with E-state index in [0.29, 0.717) is 0 Å². The Morgan fingerprint density at radius 3 is 2.28 bits per heavy atom. The van der Waals surface area contributed by atoms with E-state index < -0.39 is 38.6 Å². The van der Waals surface area contributed by atoms with E-state index in [2.05, 4.69) is 0 Å². The molecule has 0 bridgehead atoms. The van der Waals surface area contributed by atoms with Crippen molar-refractivity contribution in [2.45, 2.75) is 38.5 Å². The Balaban J connectivity index is 3.04. The lowest BCUT2D eigenvalue weighted by Crippen LogP contribution is -2.50. The molecule has 0 aromatic carbocycles. The molecule has 1 heterocycles. The van der Waals surface area contributed by atoms with Crippen LogP contribution in [0.25, 0.3) is 0 Å². The van der Waals surface area contributed by atoms with E-state index in [4.69, 9.17) is 5.14 Å². The van der Waals surface area contributed by atoms with Gasteiger partial charge in [0.2, 0.25) is 15.9 Å². The largest absolute Gasteiger partial charge is 0.480 e. The van der Waals surface area contributed by atoms with E-state index in [1.807, 2.05) is 0 Å². The van der Waals surface area contributed by atoms with Gasteiger partial charge in [0, 0.05) is 13.0 Å². The van der Waals surface area contributed by atoms with Crippen LogP contribution in [0.15, 0.2) is 0 Å². The molecule has 7 nitrogen and oxygen atoms in total. The predicted octanol–water partition coefficient (Wildman–Crippen LogP) is -0.625. The third kappa shape index (κ3) is 2.99. The number of rotatable bonds is 3. The molecule has 1 rings (SSSR count). The average Bonchev–Trinajstić information content (AvgIpc) is 2.44. The summed E-state index contributed by atoms with van der Waals surface area (Å²) in [7, 11) is -3.83. The van der Waals surface area contributed by atoms with Crippen molar-refractivity contribution in [3.05, 3.63) is 0 Å². The van der Waals surface area contributed by atoms with Gasteiger partial charge in [-0.2, -0.15) is 0 Å². The highest BCUT2D eigenvalue weighted by molar-refractivity contribution is 7.89. The first-order valence-corrected chi connectivity index (χ1v) is 7.09. The maximum Gasteiger partial charge on any atom is 0.326 e. The number of carboxylic acid groups (broad SMARTS) is 1. The third-order valence-electron chi connectivity index (χ3n) is 2.95. The number of aliphatic carboxylic acids is 1. The highest BCUT2D eigenvalue weighted by atomic mass is 32.2. The maximum atomic E-state index is 11.8. The van der Waals surface area contributed by atoms with E-state index in [9.17, 15) is 23.1 Å². The molecule has 1 unspecified atom stereocenters. The van der Waals surface area contributed by atoms with Crippen molar-refractivity contribution in [2.75, 3.05) is 6.54 Å². The predicted molar refractivity (Wildman–Crippen MR) is 64.1 cm³/mol. The normalized spacial score (nSPS) is 23.2. The van der Waals surface area contributed by atoms with Gasteiger partial charge in [0.1, 0.15) is 11.3 Å². The van der Waals surface area contributed by atoms with Gasteiger partial charge in [-0.3, -0.25) is 4.79 Å². The van der Waals surface area contributed by atoms with Gasteiger partial charge in [-0.05, 0) is 5.41 Å². The summed E-state index contributed by atoms with van der Waals surface area (Å²) < 4.78 is 22.4. The summed E-state index contributed by atoms with van der Waals surface area (Å²) in [4.78, 5) is 24.1. The number of primary sulfonamides is 1. The average molecular weight is 278 g/mol. The number of likely N-dealkylation sites (tertiary alicyclic amines) is 1. The van der Waals surface area contributed by atoms with Crippen LogP contribution in [0, 0.1) is 5.41 Å². The highest BCUT2D eigenvalue weighted by Gasteiger charge is 2.46. The number of sulfonamides is 1. The second kappa shape index (κ2) is 4.51. The molecule has 0 saturated carbocycles. The zero-order valence-electron chi connectivity index (χ0n) is 10.6. The van der Waals surface area contributed by atoms with Crippen LogP contribution in [0.3, 0.4) is 0 Å². The molecule has 2 atom stereocenters. The lowest BCUT2D eigenvalue weighted by Gasteiger charge is -2.34. The van der Waals surface area contributed by atoms with E-state index in [0.717, 1.165) is 4.90 Å². The number of hydrogen-bond acceptors (Lipinski definition) is 4. The Kier molecular flexibility index (Phi) is 3.73. The van der Waals surface area contributed by atoms with Gasteiger partial charge < -0.3 is 10.0 Å². The minimum Gasteiger partial charge on any atom is -0.480 e. The van der Waals surface area contributed by atoms with Crippen LogP contribution in [-0.4, -0.2) is 48.1 Å². The van der Waals surface area contributed by atoms with Gasteiger partial charge in [0.15, 0.2) is 0 Å². The maximum absolute atomic E-state index is 11.8. The molecule has 1 amide bonds. The van der Waals surface area contributed by atoms with Crippen molar-refractivity contribution in [2.24, 2.45) is 10.6 Å². The SMILES string of the molecule is CC(C)(C)[C@@H](C(=O)O)N1CC(S(N)(=O)=O)CC1=O. The molecule has 0 aromatic rings. The van der Waals surface area contributed by atoms with Crippen molar-refractivity contribution in [1.82, 2.24) is 4.90 Å². The number of carbonyl (C=O) groups excluding carboxylic acids is 1. The van der Waals surface area contributed by atoms with E-state index in [1.165, 1.54) is 0 Å². The first-order valence-electron chi connectivity index (χ1n) is 5.48. The molecule has 0 spiro atoms. The second-order valence-corrected chi connectivity index (χ2v) is 7.41. The van der Waals surface area contributed by atoms with E-state index in [1.54, 1.807) is 20.8 Å². The highest BCUT2D eigenvalue weighted by Crippen LogP contribution is 2.29. The van der Waals surface area contributed by atoms with Gasteiger partial charge in [-0.15, -0.1) is 0 Å². The molecule has 1 saturated heterocycles. The van der Waals surface area contributed by atoms with Crippen molar-refractivity contribution in [3.63, 3.8) is 0 Å². The minimum absolute atomic E-state index is 0.161. The first-order chi connectivity index (χ1) is 7.94. The molecule has 8 heteroatoms. The first kappa shape index (κ1) is 14.9. The molecule has 0 aromatic heterocycles. The van der Waals surface area contributed by atoms with Gasteiger partial charge >= 0.3 is 5.97 Å². The van der Waals surface area contributed by atoms with E-state index in [-0.39, 0.29) is 13.0 Å². The zero-order chi connectivity index (χ0) is 14.3. The van der Waals surface area contributed by atoms with Crippen molar-refractivity contribution >= 4 is 21.9 Å². The van der Waals surface area contributed by atoms with Crippen LogP contribution in [0.4, 0.5) is 0 Å². The minimum atomic E-state index is -3.83. The summed E-state index contributed by atoms with van der Waals surface area (Å²) in [6.07, 6.45) is -0.251. The van der Waals surface area contributed by atoms with Crippen LogP contribution in [0.2, 0.25) is 0 Å². The van der Waals surface area contributed by atoms with Crippen molar-refractivity contribution in [3.8, 4) is 0 Å². The van der Waals surface area contributed by atoms with Gasteiger partial charge in [0.05, 0.1) is 0 Å². The standard InChI is InChI=1S/C10H18N2O5S/c1-10(2,3)8(9(14)15)12-5-6(4-7(12)13)18(11,16)17/h6,8H,4-5H2,1-3H3,(H,14,15)(H2,11,16,17)/t6?,8-/m1/s1. The van der Waals surface area contributed by atoms with Gasteiger partial charge in [0.25, 0.3) is 0 Å². The molecular formula is C10H18N2O5S. The summed E-state index contributed by atoms with van der Waals surface area (Å²) in [5.41, 5.74) is -0.686. The van der Waals surface area contributed by atoms with Crippen LogP contribution >= 0.6 is 0 Å². The number of carboxylic acids is 1. The quantitative estimate of drug-likeness (QED) is 0.713.